The van der Waals surface area contributed by atoms with Gasteiger partial charge in [0.2, 0.25) is 10.0 Å². The molecule has 1 saturated heterocycles. The number of amides is 1. The Morgan fingerprint density at radius 3 is 2.02 bits per heavy atom. The summed E-state index contributed by atoms with van der Waals surface area (Å²) < 4.78 is 99.1. The molecule has 0 aromatic heterocycles. The van der Waals surface area contributed by atoms with Gasteiger partial charge in [-0.3, -0.25) is 9.52 Å². The van der Waals surface area contributed by atoms with Crippen LogP contribution in [0.3, 0.4) is 0 Å². The van der Waals surface area contributed by atoms with E-state index in [9.17, 15) is 34.8 Å². The average molecular weight is 638 g/mol. The molecule has 1 heterocycles. The first-order chi connectivity index (χ1) is 18.7. The summed E-state index contributed by atoms with van der Waals surface area (Å²) in [5.41, 5.74) is -1.53. The van der Waals surface area contributed by atoms with E-state index in [1.807, 2.05) is 0 Å². The molecule has 1 fully saturated rings. The quantitative estimate of drug-likeness (QED) is 0.372. The van der Waals surface area contributed by atoms with Crippen molar-refractivity contribution in [3.63, 3.8) is 0 Å². The fraction of sp³-hybridized carbons (Fsp3) is 0.208. The highest BCUT2D eigenvalue weighted by Gasteiger charge is 2.34. The Morgan fingerprint density at radius 1 is 0.825 bits per heavy atom. The fourth-order valence-electron chi connectivity index (χ4n) is 3.71. The van der Waals surface area contributed by atoms with E-state index in [4.69, 9.17) is 27.9 Å². The molecular weight excluding hydrogens is 618 g/mol. The van der Waals surface area contributed by atoms with Crippen LogP contribution in [0.2, 0.25) is 10.0 Å². The minimum Gasteiger partial charge on any atom is -0.379 e. The van der Waals surface area contributed by atoms with Crippen LogP contribution in [0.4, 0.5) is 24.5 Å². The SMILES string of the molecule is O=C(Nc1ccc(S(=O)(=O)Nc2ccc(Cl)c(C(F)(F)F)c2)cc1)c1cc(S(=O)(=O)N2CCOCC2)ccc1Cl. The van der Waals surface area contributed by atoms with Crippen LogP contribution in [0.5, 0.6) is 0 Å². The number of benzene rings is 3. The zero-order valence-corrected chi connectivity index (χ0v) is 23.3. The van der Waals surface area contributed by atoms with Gasteiger partial charge in [0.25, 0.3) is 15.9 Å². The molecule has 1 amide bonds. The Kier molecular flexibility index (Phi) is 8.68. The van der Waals surface area contributed by atoms with Crippen molar-refractivity contribution >= 4 is 60.5 Å². The number of sulfonamides is 2. The lowest BCUT2D eigenvalue weighted by atomic mass is 10.2. The molecule has 214 valence electrons. The van der Waals surface area contributed by atoms with E-state index in [2.05, 4.69) is 10.0 Å². The van der Waals surface area contributed by atoms with Crippen molar-refractivity contribution in [2.45, 2.75) is 16.0 Å². The summed E-state index contributed by atoms with van der Waals surface area (Å²) in [6, 6.07) is 11.0. The molecule has 3 aromatic rings. The number of halogens is 5. The molecule has 0 radical (unpaired) electrons. The molecule has 40 heavy (non-hydrogen) atoms. The first-order valence-corrected chi connectivity index (χ1v) is 15.0. The fourth-order valence-corrected chi connectivity index (χ4v) is 6.62. The summed E-state index contributed by atoms with van der Waals surface area (Å²) in [4.78, 5) is 12.5. The molecular formula is C24H20Cl2F3N3O6S2. The Hall–Kier alpha value is -2.88. The molecule has 2 N–H and O–H groups in total. The first-order valence-electron chi connectivity index (χ1n) is 11.4. The van der Waals surface area contributed by atoms with Gasteiger partial charge in [0.15, 0.2) is 0 Å². The van der Waals surface area contributed by atoms with E-state index in [-0.39, 0.29) is 58.1 Å². The molecule has 16 heteroatoms. The van der Waals surface area contributed by atoms with Crippen LogP contribution in [0.15, 0.2) is 70.5 Å². The summed E-state index contributed by atoms with van der Waals surface area (Å²) >= 11 is 11.7. The number of hydrogen-bond donors (Lipinski definition) is 2. The molecule has 3 aromatic carbocycles. The maximum Gasteiger partial charge on any atom is 0.417 e. The van der Waals surface area contributed by atoms with Crippen LogP contribution in [0.25, 0.3) is 0 Å². The van der Waals surface area contributed by atoms with Crippen molar-refractivity contribution < 1.29 is 39.5 Å². The summed E-state index contributed by atoms with van der Waals surface area (Å²) in [6.45, 7) is 0.821. The van der Waals surface area contributed by atoms with Gasteiger partial charge < -0.3 is 10.1 Å². The van der Waals surface area contributed by atoms with Crippen molar-refractivity contribution in [3.8, 4) is 0 Å². The number of rotatable bonds is 7. The predicted octanol–water partition coefficient (Wildman–Crippen LogP) is 5.09. The molecule has 4 rings (SSSR count). The van der Waals surface area contributed by atoms with Crippen molar-refractivity contribution in [1.82, 2.24) is 4.31 Å². The number of nitrogens with one attached hydrogen (secondary N) is 2. The number of carbonyl (C=O) groups is 1. The topological polar surface area (TPSA) is 122 Å². The minimum atomic E-state index is -4.78. The van der Waals surface area contributed by atoms with Crippen LogP contribution in [0.1, 0.15) is 15.9 Å². The van der Waals surface area contributed by atoms with Crippen molar-refractivity contribution in [2.24, 2.45) is 0 Å². The number of hydrogen-bond acceptors (Lipinski definition) is 6. The Bertz CT molecular complexity index is 1650. The zero-order valence-electron chi connectivity index (χ0n) is 20.2. The van der Waals surface area contributed by atoms with Crippen LogP contribution in [0, 0.1) is 0 Å². The molecule has 0 saturated carbocycles. The van der Waals surface area contributed by atoms with Gasteiger partial charge in [-0.05, 0) is 60.7 Å². The van der Waals surface area contributed by atoms with Crippen LogP contribution in [-0.2, 0) is 31.0 Å². The maximum atomic E-state index is 13.1. The Labute approximate surface area is 237 Å². The third-order valence-corrected chi connectivity index (χ3v) is 9.69. The largest absolute Gasteiger partial charge is 0.417 e. The molecule has 0 atom stereocenters. The lowest BCUT2D eigenvalue weighted by Gasteiger charge is -2.26. The molecule has 1 aliphatic rings. The Morgan fingerprint density at radius 2 is 1.40 bits per heavy atom. The van der Waals surface area contributed by atoms with Crippen molar-refractivity contribution in [2.75, 3.05) is 36.3 Å². The highest BCUT2D eigenvalue weighted by Crippen LogP contribution is 2.36. The van der Waals surface area contributed by atoms with E-state index in [0.717, 1.165) is 30.3 Å². The summed E-state index contributed by atoms with van der Waals surface area (Å²) in [5.74, 6) is -0.751. The lowest BCUT2D eigenvalue weighted by molar-refractivity contribution is -0.137. The van der Waals surface area contributed by atoms with E-state index in [1.165, 1.54) is 28.6 Å². The van der Waals surface area contributed by atoms with Crippen molar-refractivity contribution in [1.29, 1.82) is 0 Å². The van der Waals surface area contributed by atoms with Crippen molar-refractivity contribution in [3.05, 3.63) is 81.8 Å². The highest BCUT2D eigenvalue weighted by atomic mass is 35.5. The van der Waals surface area contributed by atoms with E-state index >= 15 is 0 Å². The van der Waals surface area contributed by atoms with Gasteiger partial charge in [-0.15, -0.1) is 0 Å². The van der Waals surface area contributed by atoms with Crippen LogP contribution in [-0.4, -0.2) is 53.4 Å². The summed E-state index contributed by atoms with van der Waals surface area (Å²) in [6.07, 6.45) is -4.78. The first kappa shape index (κ1) is 30.1. The average Bonchev–Trinajstić information content (AvgIpc) is 2.90. The number of anilines is 2. The summed E-state index contributed by atoms with van der Waals surface area (Å²) in [5, 5.41) is 1.91. The molecule has 1 aliphatic heterocycles. The number of alkyl halides is 3. The molecule has 0 aliphatic carbocycles. The molecule has 9 nitrogen and oxygen atoms in total. The number of ether oxygens (including phenoxy) is 1. The second kappa shape index (κ2) is 11.5. The highest BCUT2D eigenvalue weighted by molar-refractivity contribution is 7.92. The number of morpholine rings is 1. The summed E-state index contributed by atoms with van der Waals surface area (Å²) in [7, 11) is -8.20. The Balaban J connectivity index is 1.50. The smallest absolute Gasteiger partial charge is 0.379 e. The van der Waals surface area contributed by atoms with Gasteiger partial charge in [-0.2, -0.15) is 17.5 Å². The standard InChI is InChI=1S/C24H20Cl2F3N3O6S2/c25-21-8-6-18(40(36,37)32-9-11-38-12-10-32)14-19(21)23(33)30-15-1-4-17(5-2-15)39(34,35)31-16-3-7-22(26)20(13-16)24(27,28)29/h1-8,13-14,31H,9-12H2,(H,30,33). The predicted molar refractivity (Wildman–Crippen MR) is 143 cm³/mol. The van der Waals surface area contributed by atoms with Gasteiger partial charge in [0.1, 0.15) is 0 Å². The molecule has 0 bridgehead atoms. The number of nitrogens with zero attached hydrogens (tertiary/aromatic N) is 1. The van der Waals surface area contributed by atoms with Gasteiger partial charge in [0, 0.05) is 24.5 Å². The lowest BCUT2D eigenvalue weighted by Crippen LogP contribution is -2.40. The van der Waals surface area contributed by atoms with Crippen LogP contribution < -0.4 is 10.0 Å². The maximum absolute atomic E-state index is 13.1. The van der Waals surface area contributed by atoms with Gasteiger partial charge in [-0.1, -0.05) is 23.2 Å². The minimum absolute atomic E-state index is 0.0111. The van der Waals surface area contributed by atoms with Gasteiger partial charge >= 0.3 is 6.18 Å². The monoisotopic (exact) mass is 637 g/mol. The number of carbonyl (C=O) groups excluding carboxylic acids is 1. The van der Waals surface area contributed by atoms with E-state index in [0.29, 0.717) is 6.07 Å². The third kappa shape index (κ3) is 6.70. The van der Waals surface area contributed by atoms with Gasteiger partial charge in [-0.25, -0.2) is 16.8 Å². The zero-order chi connectivity index (χ0) is 29.3. The third-order valence-electron chi connectivity index (χ3n) is 5.74. The molecule has 0 spiro atoms. The van der Waals surface area contributed by atoms with E-state index in [1.54, 1.807) is 0 Å². The molecule has 0 unspecified atom stereocenters. The normalized spacial score (nSPS) is 15.0. The second-order valence-corrected chi connectivity index (χ2v) is 12.9. The van der Waals surface area contributed by atoms with Gasteiger partial charge in [0.05, 0.1) is 44.2 Å². The van der Waals surface area contributed by atoms with Crippen LogP contribution >= 0.6 is 23.2 Å². The second-order valence-electron chi connectivity index (χ2n) is 8.43. The van der Waals surface area contributed by atoms with E-state index < -0.39 is 42.7 Å².